The molecule has 2 heterocycles. The number of thiazole rings is 1. The standard InChI is InChI=1S/C16H16N4O2S/c1-10-11(2)23-15(18-10)19-14(21)13-8-17-16(22)20(13)9-12-6-4-3-5-7-12/h3-8H,9H2,1-2H3,(H,17,22)(H,18,19,21). The number of hydrogen-bond donors (Lipinski definition) is 2. The van der Waals surface area contributed by atoms with E-state index in [1.807, 2.05) is 44.2 Å². The van der Waals surface area contributed by atoms with Crippen molar-refractivity contribution >= 4 is 22.4 Å². The molecule has 0 aliphatic carbocycles. The number of aromatic amines is 1. The third kappa shape index (κ3) is 3.24. The zero-order valence-corrected chi connectivity index (χ0v) is 13.6. The molecular formula is C16H16N4O2S. The molecule has 3 aromatic rings. The first-order valence-corrected chi connectivity index (χ1v) is 7.94. The van der Waals surface area contributed by atoms with E-state index in [1.54, 1.807) is 0 Å². The minimum absolute atomic E-state index is 0.282. The second kappa shape index (κ2) is 6.21. The molecule has 6 nitrogen and oxygen atoms in total. The summed E-state index contributed by atoms with van der Waals surface area (Å²) in [5.74, 6) is -0.354. The molecule has 1 amide bonds. The Hall–Kier alpha value is -2.67. The second-order valence-corrected chi connectivity index (χ2v) is 6.37. The maximum Gasteiger partial charge on any atom is 0.326 e. The van der Waals surface area contributed by atoms with Crippen molar-refractivity contribution in [1.82, 2.24) is 14.5 Å². The van der Waals surface area contributed by atoms with Gasteiger partial charge in [0.1, 0.15) is 5.69 Å². The Morgan fingerprint density at radius 1 is 1.30 bits per heavy atom. The van der Waals surface area contributed by atoms with Crippen LogP contribution in [0.4, 0.5) is 5.13 Å². The van der Waals surface area contributed by atoms with Crippen LogP contribution in [0.25, 0.3) is 0 Å². The number of nitrogens with zero attached hydrogens (tertiary/aromatic N) is 2. The zero-order valence-electron chi connectivity index (χ0n) is 12.8. The van der Waals surface area contributed by atoms with E-state index in [-0.39, 0.29) is 17.3 Å². The summed E-state index contributed by atoms with van der Waals surface area (Å²) in [7, 11) is 0. The van der Waals surface area contributed by atoms with E-state index in [0.717, 1.165) is 16.1 Å². The number of amides is 1. The molecule has 2 N–H and O–H groups in total. The molecule has 0 saturated heterocycles. The van der Waals surface area contributed by atoms with E-state index >= 15 is 0 Å². The summed E-state index contributed by atoms with van der Waals surface area (Å²) in [4.78, 5) is 32.3. The van der Waals surface area contributed by atoms with Crippen LogP contribution in [0.5, 0.6) is 0 Å². The molecule has 0 spiro atoms. The van der Waals surface area contributed by atoms with E-state index in [1.165, 1.54) is 22.1 Å². The van der Waals surface area contributed by atoms with E-state index in [4.69, 9.17) is 0 Å². The molecule has 118 valence electrons. The predicted molar refractivity (Wildman–Crippen MR) is 90.1 cm³/mol. The molecule has 0 atom stereocenters. The summed E-state index contributed by atoms with van der Waals surface area (Å²) < 4.78 is 1.41. The van der Waals surface area contributed by atoms with Crippen molar-refractivity contribution in [2.24, 2.45) is 0 Å². The first-order valence-electron chi connectivity index (χ1n) is 7.12. The molecule has 23 heavy (non-hydrogen) atoms. The fraction of sp³-hybridized carbons (Fsp3) is 0.188. The molecule has 0 aliphatic heterocycles. The highest BCUT2D eigenvalue weighted by molar-refractivity contribution is 7.15. The van der Waals surface area contributed by atoms with Gasteiger partial charge in [0.05, 0.1) is 12.2 Å². The molecule has 1 aromatic carbocycles. The SMILES string of the molecule is Cc1nc(NC(=O)c2c[nH]c(=O)n2Cc2ccccc2)sc1C. The lowest BCUT2D eigenvalue weighted by Crippen LogP contribution is -2.24. The van der Waals surface area contributed by atoms with Crippen molar-refractivity contribution in [3.63, 3.8) is 0 Å². The average Bonchev–Trinajstić information content (AvgIpc) is 3.04. The van der Waals surface area contributed by atoms with Gasteiger partial charge in [-0.2, -0.15) is 0 Å². The molecule has 0 bridgehead atoms. The van der Waals surface area contributed by atoms with Crippen LogP contribution in [0, 0.1) is 13.8 Å². The first kappa shape index (κ1) is 15.2. The van der Waals surface area contributed by atoms with E-state index < -0.39 is 0 Å². The Morgan fingerprint density at radius 3 is 2.70 bits per heavy atom. The minimum Gasteiger partial charge on any atom is -0.312 e. The van der Waals surface area contributed by atoms with Gasteiger partial charge in [-0.05, 0) is 19.4 Å². The summed E-state index contributed by atoms with van der Waals surface area (Å²) in [6.45, 7) is 4.18. The number of rotatable bonds is 4. The fourth-order valence-electron chi connectivity index (χ4n) is 2.19. The summed E-state index contributed by atoms with van der Waals surface area (Å²) >= 11 is 1.41. The third-order valence-electron chi connectivity index (χ3n) is 3.53. The maximum absolute atomic E-state index is 12.4. The van der Waals surface area contributed by atoms with E-state index in [2.05, 4.69) is 15.3 Å². The fourth-order valence-corrected chi connectivity index (χ4v) is 3.00. The van der Waals surface area contributed by atoms with Crippen LogP contribution in [0.15, 0.2) is 41.3 Å². The van der Waals surface area contributed by atoms with Gasteiger partial charge in [-0.15, -0.1) is 11.3 Å². The van der Waals surface area contributed by atoms with Gasteiger partial charge in [-0.1, -0.05) is 30.3 Å². The molecular weight excluding hydrogens is 312 g/mol. The number of aryl methyl sites for hydroxylation is 2. The van der Waals surface area contributed by atoms with Crippen LogP contribution < -0.4 is 11.0 Å². The quantitative estimate of drug-likeness (QED) is 0.772. The van der Waals surface area contributed by atoms with Crippen molar-refractivity contribution in [3.8, 4) is 0 Å². The van der Waals surface area contributed by atoms with Crippen molar-refractivity contribution in [2.45, 2.75) is 20.4 Å². The Morgan fingerprint density at radius 2 is 2.04 bits per heavy atom. The minimum atomic E-state index is -0.354. The first-order chi connectivity index (χ1) is 11.0. The third-order valence-corrected chi connectivity index (χ3v) is 4.52. The normalized spacial score (nSPS) is 10.7. The van der Waals surface area contributed by atoms with Gasteiger partial charge in [0.2, 0.25) is 0 Å². The van der Waals surface area contributed by atoms with Gasteiger partial charge in [0.15, 0.2) is 5.13 Å². The molecule has 0 radical (unpaired) electrons. The van der Waals surface area contributed by atoms with Crippen LogP contribution >= 0.6 is 11.3 Å². The Labute approximate surface area is 136 Å². The zero-order chi connectivity index (χ0) is 16.4. The van der Waals surface area contributed by atoms with Crippen molar-refractivity contribution in [3.05, 3.63) is 68.8 Å². The van der Waals surface area contributed by atoms with Crippen molar-refractivity contribution < 1.29 is 4.79 Å². The average molecular weight is 328 g/mol. The number of anilines is 1. The molecule has 0 aliphatic rings. The van der Waals surface area contributed by atoms with Crippen LogP contribution in [-0.2, 0) is 6.54 Å². The summed E-state index contributed by atoms with van der Waals surface area (Å²) in [5, 5.41) is 3.28. The van der Waals surface area contributed by atoms with Gasteiger partial charge in [0, 0.05) is 11.1 Å². The monoisotopic (exact) mass is 328 g/mol. The van der Waals surface area contributed by atoms with Gasteiger partial charge >= 0.3 is 5.69 Å². The number of aromatic nitrogens is 3. The molecule has 0 fully saturated rings. The number of hydrogen-bond acceptors (Lipinski definition) is 4. The highest BCUT2D eigenvalue weighted by Gasteiger charge is 2.16. The van der Waals surface area contributed by atoms with Crippen LogP contribution in [-0.4, -0.2) is 20.4 Å². The highest BCUT2D eigenvalue weighted by Crippen LogP contribution is 2.21. The maximum atomic E-state index is 12.4. The van der Waals surface area contributed by atoms with Gasteiger partial charge in [-0.25, -0.2) is 9.78 Å². The number of carbonyl (C=O) groups is 1. The number of benzene rings is 1. The number of nitrogens with one attached hydrogen (secondary N) is 2. The Bertz CT molecular complexity index is 873. The molecule has 0 unspecified atom stereocenters. The van der Waals surface area contributed by atoms with Crippen LogP contribution in [0.3, 0.4) is 0 Å². The number of H-pyrrole nitrogens is 1. The molecule has 2 aromatic heterocycles. The van der Waals surface area contributed by atoms with E-state index in [0.29, 0.717) is 11.7 Å². The summed E-state index contributed by atoms with van der Waals surface area (Å²) in [5.41, 5.74) is 1.81. The van der Waals surface area contributed by atoms with Gasteiger partial charge in [-0.3, -0.25) is 14.7 Å². The lowest BCUT2D eigenvalue weighted by atomic mass is 10.2. The molecule has 3 rings (SSSR count). The second-order valence-electron chi connectivity index (χ2n) is 5.17. The number of carbonyl (C=O) groups excluding carboxylic acids is 1. The Kier molecular flexibility index (Phi) is 4.12. The summed E-state index contributed by atoms with van der Waals surface area (Å²) in [6.07, 6.45) is 1.42. The van der Waals surface area contributed by atoms with Crippen molar-refractivity contribution in [2.75, 3.05) is 5.32 Å². The predicted octanol–water partition coefficient (Wildman–Crippen LogP) is 2.55. The molecule has 0 saturated carbocycles. The molecule has 7 heteroatoms. The van der Waals surface area contributed by atoms with Crippen molar-refractivity contribution in [1.29, 1.82) is 0 Å². The highest BCUT2D eigenvalue weighted by atomic mass is 32.1. The lowest BCUT2D eigenvalue weighted by Gasteiger charge is -2.07. The van der Waals surface area contributed by atoms with Crippen LogP contribution in [0.2, 0.25) is 0 Å². The van der Waals surface area contributed by atoms with E-state index in [9.17, 15) is 9.59 Å². The summed E-state index contributed by atoms with van der Waals surface area (Å²) in [6, 6.07) is 9.52. The Balaban J connectivity index is 1.85. The largest absolute Gasteiger partial charge is 0.326 e. The van der Waals surface area contributed by atoms with Gasteiger partial charge in [0.25, 0.3) is 5.91 Å². The van der Waals surface area contributed by atoms with Crippen LogP contribution in [0.1, 0.15) is 26.6 Å². The van der Waals surface area contributed by atoms with Gasteiger partial charge < -0.3 is 4.98 Å². The smallest absolute Gasteiger partial charge is 0.312 e. The number of imidazole rings is 1. The topological polar surface area (TPSA) is 79.8 Å². The lowest BCUT2D eigenvalue weighted by molar-refractivity contribution is 0.101.